The fraction of sp³-hybridized carbons (Fsp3) is 0.800. The van der Waals surface area contributed by atoms with Crippen LogP contribution in [0.25, 0.3) is 0 Å². The summed E-state index contributed by atoms with van der Waals surface area (Å²) in [7, 11) is 1.26. The molecule has 0 amide bonds. The Morgan fingerprint density at radius 1 is 1.78 bits per heavy atom. The molecule has 0 radical (unpaired) electrons. The number of rotatable bonds is 3. The van der Waals surface area contributed by atoms with Crippen molar-refractivity contribution in [2.24, 2.45) is 0 Å². The molecule has 0 aromatic heterocycles. The molecule has 0 aliphatic rings. The van der Waals surface area contributed by atoms with E-state index < -0.39 is 11.5 Å². The van der Waals surface area contributed by atoms with Gasteiger partial charge in [0.25, 0.3) is 0 Å². The Kier molecular flexibility index (Phi) is 4.44. The summed E-state index contributed by atoms with van der Waals surface area (Å²) in [4.78, 5) is 10.4. The third-order valence-corrected chi connectivity index (χ3v) is 1.00. The van der Waals surface area contributed by atoms with Crippen molar-refractivity contribution in [3.63, 3.8) is 0 Å². The lowest BCUT2D eigenvalue weighted by Gasteiger charge is -2.04. The smallest absolute Gasteiger partial charge is 0.350 e. The molecule has 0 bridgehead atoms. The van der Waals surface area contributed by atoms with Crippen molar-refractivity contribution < 1.29 is 14.3 Å². The van der Waals surface area contributed by atoms with Crippen LogP contribution in [-0.4, -0.2) is 25.2 Å². The second-order valence-corrected chi connectivity index (χ2v) is 1.69. The van der Waals surface area contributed by atoms with E-state index in [1.54, 1.807) is 6.92 Å². The van der Waals surface area contributed by atoms with Crippen molar-refractivity contribution in [2.45, 2.75) is 12.5 Å². The predicted molar refractivity (Wildman–Crippen MR) is 33.3 cm³/mol. The van der Waals surface area contributed by atoms with Crippen LogP contribution in [0.3, 0.4) is 0 Å². The van der Waals surface area contributed by atoms with Gasteiger partial charge in [0.1, 0.15) is 0 Å². The van der Waals surface area contributed by atoms with Crippen molar-refractivity contribution in [3.8, 4) is 0 Å². The summed E-state index contributed by atoms with van der Waals surface area (Å²) >= 11 is 5.33. The lowest BCUT2D eigenvalue weighted by molar-refractivity contribution is -0.148. The van der Waals surface area contributed by atoms with Gasteiger partial charge in [0.05, 0.1) is 7.11 Å². The highest BCUT2D eigenvalue weighted by atomic mass is 35.5. The lowest BCUT2D eigenvalue weighted by atomic mass is 10.7. The van der Waals surface area contributed by atoms with Gasteiger partial charge in [-0.3, -0.25) is 0 Å². The molecule has 0 saturated carbocycles. The van der Waals surface area contributed by atoms with Crippen LogP contribution in [0.4, 0.5) is 0 Å². The van der Waals surface area contributed by atoms with Crippen LogP contribution in [0.1, 0.15) is 6.92 Å². The fourth-order valence-electron chi connectivity index (χ4n) is 0.307. The molecule has 1 unspecified atom stereocenters. The average Bonchev–Trinajstić information content (AvgIpc) is 1.87. The predicted octanol–water partition coefficient (Wildman–Crippen LogP) is 0.761. The molecule has 0 aromatic rings. The molecule has 0 aliphatic heterocycles. The van der Waals surface area contributed by atoms with Gasteiger partial charge in [0.2, 0.25) is 5.56 Å². The number of ether oxygens (including phenoxy) is 2. The summed E-state index contributed by atoms with van der Waals surface area (Å²) in [6.45, 7) is 2.15. The molecule has 0 fully saturated rings. The number of carbonyl (C=O) groups is 1. The second kappa shape index (κ2) is 4.58. The first-order valence-corrected chi connectivity index (χ1v) is 2.99. The first kappa shape index (κ1) is 8.72. The van der Waals surface area contributed by atoms with E-state index in [0.717, 1.165) is 0 Å². The zero-order valence-electron chi connectivity index (χ0n) is 5.39. The normalized spacial score (nSPS) is 12.8. The summed E-state index contributed by atoms with van der Waals surface area (Å²) < 4.78 is 8.95. The Balaban J connectivity index is 3.45. The monoisotopic (exact) mass is 152 g/mol. The second-order valence-electron chi connectivity index (χ2n) is 1.29. The van der Waals surface area contributed by atoms with Gasteiger partial charge in [-0.25, -0.2) is 4.79 Å². The minimum absolute atomic E-state index is 0.406. The molecule has 0 saturated heterocycles. The SMILES string of the molecule is CCOC(Cl)C(=O)OC. The number of hydrogen-bond donors (Lipinski definition) is 0. The zero-order valence-corrected chi connectivity index (χ0v) is 6.14. The fourth-order valence-corrected chi connectivity index (χ4v) is 0.522. The Morgan fingerprint density at radius 2 is 2.33 bits per heavy atom. The molecule has 0 aromatic carbocycles. The van der Waals surface area contributed by atoms with Gasteiger partial charge >= 0.3 is 5.97 Å². The molecule has 9 heavy (non-hydrogen) atoms. The maximum atomic E-state index is 10.4. The van der Waals surface area contributed by atoms with E-state index in [0.29, 0.717) is 6.61 Å². The molecule has 0 N–H and O–H groups in total. The molecule has 1 atom stereocenters. The molecule has 0 aliphatic carbocycles. The van der Waals surface area contributed by atoms with E-state index in [1.165, 1.54) is 7.11 Å². The van der Waals surface area contributed by atoms with Gasteiger partial charge < -0.3 is 9.47 Å². The standard InChI is InChI=1S/C5H9ClO3/c1-3-9-4(6)5(7)8-2/h4H,3H2,1-2H3. The van der Waals surface area contributed by atoms with Crippen molar-refractivity contribution in [3.05, 3.63) is 0 Å². The van der Waals surface area contributed by atoms with E-state index in [1.807, 2.05) is 0 Å². The zero-order chi connectivity index (χ0) is 7.28. The van der Waals surface area contributed by atoms with Crippen molar-refractivity contribution in [1.82, 2.24) is 0 Å². The maximum absolute atomic E-state index is 10.4. The minimum Gasteiger partial charge on any atom is -0.466 e. The van der Waals surface area contributed by atoms with Crippen molar-refractivity contribution in [2.75, 3.05) is 13.7 Å². The van der Waals surface area contributed by atoms with Gasteiger partial charge in [-0.05, 0) is 6.92 Å². The van der Waals surface area contributed by atoms with Gasteiger partial charge in [-0.2, -0.15) is 0 Å². The van der Waals surface area contributed by atoms with Gasteiger partial charge in [-0.15, -0.1) is 0 Å². The molecule has 0 rings (SSSR count). The van der Waals surface area contributed by atoms with Crippen LogP contribution in [0.5, 0.6) is 0 Å². The molecule has 0 spiro atoms. The van der Waals surface area contributed by atoms with E-state index in [2.05, 4.69) is 9.47 Å². The van der Waals surface area contributed by atoms with E-state index in [9.17, 15) is 4.79 Å². The highest BCUT2D eigenvalue weighted by Gasteiger charge is 2.13. The van der Waals surface area contributed by atoms with Crippen LogP contribution in [0.2, 0.25) is 0 Å². The minimum atomic E-state index is -0.958. The highest BCUT2D eigenvalue weighted by molar-refractivity contribution is 6.28. The number of alkyl halides is 1. The van der Waals surface area contributed by atoms with Gasteiger partial charge in [0.15, 0.2) is 0 Å². The van der Waals surface area contributed by atoms with E-state index in [-0.39, 0.29) is 0 Å². The van der Waals surface area contributed by atoms with Gasteiger partial charge in [0, 0.05) is 6.61 Å². The summed E-state index contributed by atoms with van der Waals surface area (Å²) in [6.07, 6.45) is 0. The number of carbonyl (C=O) groups excluding carboxylic acids is 1. The molecule has 0 heterocycles. The molecule has 3 nitrogen and oxygen atoms in total. The number of halogens is 1. The third-order valence-electron chi connectivity index (χ3n) is 0.699. The Bertz CT molecular complexity index is 94.2. The summed E-state index contributed by atoms with van der Waals surface area (Å²) in [5, 5.41) is 0. The summed E-state index contributed by atoms with van der Waals surface area (Å²) in [5.41, 5.74) is -0.958. The first-order valence-electron chi connectivity index (χ1n) is 2.55. The van der Waals surface area contributed by atoms with Crippen LogP contribution >= 0.6 is 11.6 Å². The molecule has 4 heteroatoms. The van der Waals surface area contributed by atoms with Crippen LogP contribution in [0.15, 0.2) is 0 Å². The third kappa shape index (κ3) is 3.32. The highest BCUT2D eigenvalue weighted by Crippen LogP contribution is 1.98. The Labute approximate surface area is 58.9 Å². The number of methoxy groups -OCH3 is 1. The quantitative estimate of drug-likeness (QED) is 0.443. The van der Waals surface area contributed by atoms with Gasteiger partial charge in [-0.1, -0.05) is 11.6 Å². The molecular formula is C5H9ClO3. The summed E-state index contributed by atoms with van der Waals surface area (Å²) in [6, 6.07) is 0. The van der Waals surface area contributed by atoms with E-state index in [4.69, 9.17) is 11.6 Å². The number of esters is 1. The Hall–Kier alpha value is -0.280. The lowest BCUT2D eigenvalue weighted by Crippen LogP contribution is -2.19. The van der Waals surface area contributed by atoms with Crippen LogP contribution in [0, 0.1) is 0 Å². The van der Waals surface area contributed by atoms with Crippen molar-refractivity contribution in [1.29, 1.82) is 0 Å². The van der Waals surface area contributed by atoms with E-state index >= 15 is 0 Å². The number of hydrogen-bond acceptors (Lipinski definition) is 3. The van der Waals surface area contributed by atoms with Crippen LogP contribution < -0.4 is 0 Å². The maximum Gasteiger partial charge on any atom is 0.350 e. The topological polar surface area (TPSA) is 35.5 Å². The Morgan fingerprint density at radius 3 is 2.67 bits per heavy atom. The summed E-state index contributed by atoms with van der Waals surface area (Å²) in [5.74, 6) is -0.557. The molecular weight excluding hydrogens is 144 g/mol. The average molecular weight is 153 g/mol. The van der Waals surface area contributed by atoms with Crippen LogP contribution in [-0.2, 0) is 14.3 Å². The molecule has 54 valence electrons. The van der Waals surface area contributed by atoms with Crippen molar-refractivity contribution >= 4 is 17.6 Å². The first-order chi connectivity index (χ1) is 4.22. The largest absolute Gasteiger partial charge is 0.466 e.